The summed E-state index contributed by atoms with van der Waals surface area (Å²) in [6, 6.07) is 22.2. The quantitative estimate of drug-likeness (QED) is 0.446. The number of aromatic nitrogens is 3. The number of nitrogens with zero attached hydrogens (tertiary/aromatic N) is 4. The minimum absolute atomic E-state index is 0.0392. The monoisotopic (exact) mass is 441 g/mol. The van der Waals surface area contributed by atoms with E-state index in [1.54, 1.807) is 7.11 Å². The number of benzene rings is 1. The standard InChI is InChI=1S/C25H23N5OS/c1-31-20-9-7-18(8-10-20)17-30-24(23(28-25(30)32)21-5-2-3-13-27-21)22-6-4-16-29(22)19-11-14-26-15-12-19/h2-16,23-24H,17H2,1H3,(H,28,32)/t23-,24+/m0/s1. The van der Waals surface area contributed by atoms with Crippen LogP contribution in [0.4, 0.5) is 0 Å². The van der Waals surface area contributed by atoms with Crippen molar-refractivity contribution < 1.29 is 4.74 Å². The summed E-state index contributed by atoms with van der Waals surface area (Å²) in [6.45, 7) is 0.672. The van der Waals surface area contributed by atoms with Gasteiger partial charge < -0.3 is 19.5 Å². The van der Waals surface area contributed by atoms with E-state index in [1.807, 2.05) is 61.1 Å². The molecule has 160 valence electrons. The summed E-state index contributed by atoms with van der Waals surface area (Å²) >= 11 is 5.82. The second kappa shape index (κ2) is 8.80. The maximum Gasteiger partial charge on any atom is 0.170 e. The smallest absolute Gasteiger partial charge is 0.170 e. The Labute approximate surface area is 192 Å². The Bertz CT molecular complexity index is 1190. The van der Waals surface area contributed by atoms with Crippen LogP contribution in [0.15, 0.2) is 91.5 Å². The lowest BCUT2D eigenvalue weighted by Gasteiger charge is -2.29. The second-order valence-corrected chi connectivity index (χ2v) is 8.00. The van der Waals surface area contributed by atoms with Crippen LogP contribution in [0.2, 0.25) is 0 Å². The molecule has 7 heteroatoms. The number of rotatable bonds is 6. The highest BCUT2D eigenvalue weighted by Gasteiger charge is 2.41. The van der Waals surface area contributed by atoms with E-state index in [4.69, 9.17) is 17.0 Å². The van der Waals surface area contributed by atoms with E-state index in [0.29, 0.717) is 11.7 Å². The van der Waals surface area contributed by atoms with Gasteiger partial charge in [-0.15, -0.1) is 0 Å². The van der Waals surface area contributed by atoms with Gasteiger partial charge in [-0.1, -0.05) is 18.2 Å². The predicted molar refractivity (Wildman–Crippen MR) is 128 cm³/mol. The zero-order valence-corrected chi connectivity index (χ0v) is 18.4. The molecule has 0 saturated carbocycles. The van der Waals surface area contributed by atoms with Crippen LogP contribution in [0.5, 0.6) is 5.75 Å². The molecule has 4 heterocycles. The fourth-order valence-electron chi connectivity index (χ4n) is 4.20. The van der Waals surface area contributed by atoms with Gasteiger partial charge in [-0.2, -0.15) is 0 Å². The molecule has 1 fully saturated rings. The van der Waals surface area contributed by atoms with Crippen molar-refractivity contribution in [1.29, 1.82) is 0 Å². The van der Waals surface area contributed by atoms with Crippen LogP contribution in [-0.2, 0) is 6.54 Å². The summed E-state index contributed by atoms with van der Waals surface area (Å²) in [5.74, 6) is 0.838. The molecule has 0 spiro atoms. The highest BCUT2D eigenvalue weighted by atomic mass is 32.1. The Morgan fingerprint density at radius 2 is 1.78 bits per heavy atom. The second-order valence-electron chi connectivity index (χ2n) is 7.61. The topological polar surface area (TPSA) is 55.2 Å². The summed E-state index contributed by atoms with van der Waals surface area (Å²) in [5.41, 5.74) is 4.30. The normalized spacial score (nSPS) is 17.9. The zero-order chi connectivity index (χ0) is 21.9. The molecule has 2 atom stereocenters. The van der Waals surface area contributed by atoms with Crippen molar-refractivity contribution in [3.05, 3.63) is 108 Å². The van der Waals surface area contributed by atoms with Crippen molar-refractivity contribution in [2.24, 2.45) is 0 Å². The highest BCUT2D eigenvalue weighted by molar-refractivity contribution is 7.80. The lowest BCUT2D eigenvalue weighted by molar-refractivity contribution is 0.302. The van der Waals surface area contributed by atoms with Crippen LogP contribution in [-0.4, -0.2) is 31.7 Å². The molecule has 3 aromatic heterocycles. The van der Waals surface area contributed by atoms with Crippen LogP contribution in [0.25, 0.3) is 5.69 Å². The van der Waals surface area contributed by atoms with Gasteiger partial charge in [0.25, 0.3) is 0 Å². The Morgan fingerprint density at radius 3 is 2.50 bits per heavy atom. The van der Waals surface area contributed by atoms with Crippen LogP contribution >= 0.6 is 12.2 Å². The van der Waals surface area contributed by atoms with Gasteiger partial charge in [0.15, 0.2) is 5.11 Å². The van der Waals surface area contributed by atoms with E-state index in [9.17, 15) is 0 Å². The van der Waals surface area contributed by atoms with Crippen LogP contribution in [0, 0.1) is 0 Å². The number of ether oxygens (including phenoxy) is 1. The molecule has 32 heavy (non-hydrogen) atoms. The summed E-state index contributed by atoms with van der Waals surface area (Å²) in [7, 11) is 1.68. The molecule has 5 rings (SSSR count). The summed E-state index contributed by atoms with van der Waals surface area (Å²) in [5, 5.41) is 4.24. The summed E-state index contributed by atoms with van der Waals surface area (Å²) < 4.78 is 7.50. The Morgan fingerprint density at radius 1 is 0.969 bits per heavy atom. The summed E-state index contributed by atoms with van der Waals surface area (Å²) in [4.78, 5) is 11.0. The van der Waals surface area contributed by atoms with Crippen LogP contribution < -0.4 is 10.1 Å². The molecule has 1 aliphatic rings. The SMILES string of the molecule is COc1ccc(CN2C(=S)N[C@@H](c3ccccn3)[C@H]2c2cccn2-c2ccncc2)cc1. The molecule has 1 N–H and O–H groups in total. The molecule has 6 nitrogen and oxygen atoms in total. The number of pyridine rings is 2. The van der Waals surface area contributed by atoms with Gasteiger partial charge in [0.2, 0.25) is 0 Å². The Hall–Kier alpha value is -3.71. The van der Waals surface area contributed by atoms with E-state index >= 15 is 0 Å². The fraction of sp³-hybridized carbons (Fsp3) is 0.160. The molecule has 4 aromatic rings. The first-order chi connectivity index (χ1) is 15.7. The number of thiocarbonyl (C=S) groups is 1. The van der Waals surface area contributed by atoms with E-state index in [2.05, 4.69) is 55.2 Å². The third-order valence-corrected chi connectivity index (χ3v) is 6.09. The minimum Gasteiger partial charge on any atom is -0.497 e. The van der Waals surface area contributed by atoms with Gasteiger partial charge in [0.1, 0.15) is 5.75 Å². The maximum absolute atomic E-state index is 5.82. The number of hydrogen-bond donors (Lipinski definition) is 1. The van der Waals surface area contributed by atoms with Gasteiger partial charge in [-0.3, -0.25) is 9.97 Å². The third-order valence-electron chi connectivity index (χ3n) is 5.73. The van der Waals surface area contributed by atoms with Crippen LogP contribution in [0.3, 0.4) is 0 Å². The van der Waals surface area contributed by atoms with Gasteiger partial charge in [-0.25, -0.2) is 0 Å². The minimum atomic E-state index is -0.0718. The van der Waals surface area contributed by atoms with E-state index in [-0.39, 0.29) is 12.1 Å². The van der Waals surface area contributed by atoms with Crippen LogP contribution in [0.1, 0.15) is 29.0 Å². The molecule has 0 radical (unpaired) electrons. The Kier molecular flexibility index (Phi) is 5.56. The van der Waals surface area contributed by atoms with Crippen molar-refractivity contribution in [2.75, 3.05) is 7.11 Å². The largest absolute Gasteiger partial charge is 0.497 e. The van der Waals surface area contributed by atoms with Crippen molar-refractivity contribution in [1.82, 2.24) is 24.8 Å². The first-order valence-electron chi connectivity index (χ1n) is 10.4. The number of hydrogen-bond acceptors (Lipinski definition) is 4. The number of nitrogens with one attached hydrogen (secondary N) is 1. The van der Waals surface area contributed by atoms with Gasteiger partial charge in [0.05, 0.1) is 24.9 Å². The van der Waals surface area contributed by atoms with Crippen molar-refractivity contribution in [2.45, 2.75) is 18.6 Å². The van der Waals surface area contributed by atoms with E-state index < -0.39 is 0 Å². The van der Waals surface area contributed by atoms with Gasteiger partial charge in [-0.05, 0) is 66.3 Å². The first-order valence-corrected chi connectivity index (χ1v) is 10.8. The van der Waals surface area contributed by atoms with Gasteiger partial charge in [0, 0.05) is 42.7 Å². The fourth-order valence-corrected chi connectivity index (χ4v) is 4.50. The lowest BCUT2D eigenvalue weighted by atomic mass is 10.0. The van der Waals surface area contributed by atoms with Crippen molar-refractivity contribution in [3.8, 4) is 11.4 Å². The Balaban J connectivity index is 1.57. The molecule has 0 bridgehead atoms. The predicted octanol–water partition coefficient (Wildman–Crippen LogP) is 4.45. The first kappa shape index (κ1) is 20.2. The molecule has 1 aliphatic heterocycles. The maximum atomic E-state index is 5.82. The molecule has 0 unspecified atom stereocenters. The molecule has 0 amide bonds. The third kappa shape index (κ3) is 3.83. The highest BCUT2D eigenvalue weighted by Crippen LogP contribution is 2.40. The average Bonchev–Trinajstić information content (AvgIpc) is 3.45. The zero-order valence-electron chi connectivity index (χ0n) is 17.6. The lowest BCUT2D eigenvalue weighted by Crippen LogP contribution is -2.30. The van der Waals surface area contributed by atoms with Crippen molar-refractivity contribution >= 4 is 17.3 Å². The van der Waals surface area contributed by atoms with Gasteiger partial charge >= 0.3 is 0 Å². The average molecular weight is 442 g/mol. The molecule has 1 saturated heterocycles. The molecular weight excluding hydrogens is 418 g/mol. The molecular formula is C25H23N5OS. The van der Waals surface area contributed by atoms with E-state index in [1.165, 1.54) is 0 Å². The summed E-state index contributed by atoms with van der Waals surface area (Å²) in [6.07, 6.45) is 7.52. The number of methoxy groups -OCH3 is 1. The van der Waals surface area contributed by atoms with E-state index in [0.717, 1.165) is 28.4 Å². The molecule has 1 aromatic carbocycles. The van der Waals surface area contributed by atoms with Crippen molar-refractivity contribution in [3.63, 3.8) is 0 Å². The molecule has 0 aliphatic carbocycles.